The molecule has 0 radical (unpaired) electrons. The molecule has 0 saturated carbocycles. The highest BCUT2D eigenvalue weighted by Gasteiger charge is 2.29. The van der Waals surface area contributed by atoms with Gasteiger partial charge in [0.1, 0.15) is 6.54 Å². The molecule has 6 nitrogen and oxygen atoms in total. The van der Waals surface area contributed by atoms with Gasteiger partial charge in [0.25, 0.3) is 0 Å². The summed E-state index contributed by atoms with van der Waals surface area (Å²) in [7, 11) is 0. The Bertz CT molecular complexity index is 616. The molecule has 0 spiro atoms. The van der Waals surface area contributed by atoms with Crippen LogP contribution < -0.4 is 0 Å². The summed E-state index contributed by atoms with van der Waals surface area (Å²) in [6.07, 6.45) is 4.94. The maximum atomic E-state index is 12.7. The van der Waals surface area contributed by atoms with E-state index in [-0.39, 0.29) is 11.9 Å². The van der Waals surface area contributed by atoms with Gasteiger partial charge in [-0.3, -0.25) is 14.6 Å². The summed E-state index contributed by atoms with van der Waals surface area (Å²) in [6.45, 7) is 5.05. The molecule has 3 rings (SSSR count). The minimum absolute atomic E-state index is 0.116. The minimum atomic E-state index is 0.116. The van der Waals surface area contributed by atoms with E-state index < -0.39 is 0 Å². The lowest BCUT2D eigenvalue weighted by Crippen LogP contribution is -2.40. The van der Waals surface area contributed by atoms with Crippen LogP contribution in [0.4, 0.5) is 0 Å². The first-order valence-electron chi connectivity index (χ1n) is 7.45. The van der Waals surface area contributed by atoms with Crippen LogP contribution in [0.1, 0.15) is 42.4 Å². The van der Waals surface area contributed by atoms with Crippen LogP contribution in [0, 0.1) is 13.8 Å². The van der Waals surface area contributed by atoms with Gasteiger partial charge in [0.15, 0.2) is 0 Å². The molecule has 1 aliphatic heterocycles. The molecular weight excluding hydrogens is 266 g/mol. The molecule has 21 heavy (non-hydrogen) atoms. The predicted octanol–water partition coefficient (Wildman–Crippen LogP) is 1.98. The molecule has 1 amide bonds. The SMILES string of the molecule is Cc1cc(C)n(CC(=O)N2CCCCC2c2ccn[nH]2)n1. The lowest BCUT2D eigenvalue weighted by atomic mass is 9.99. The minimum Gasteiger partial charge on any atom is -0.333 e. The van der Waals surface area contributed by atoms with Gasteiger partial charge in [-0.2, -0.15) is 10.2 Å². The quantitative estimate of drug-likeness (QED) is 0.938. The van der Waals surface area contributed by atoms with E-state index in [0.717, 1.165) is 42.9 Å². The van der Waals surface area contributed by atoms with Gasteiger partial charge < -0.3 is 4.90 Å². The summed E-state index contributed by atoms with van der Waals surface area (Å²) < 4.78 is 1.79. The van der Waals surface area contributed by atoms with Gasteiger partial charge >= 0.3 is 0 Å². The van der Waals surface area contributed by atoms with Gasteiger partial charge in [-0.1, -0.05) is 0 Å². The van der Waals surface area contributed by atoms with Gasteiger partial charge in [-0.05, 0) is 45.2 Å². The van der Waals surface area contributed by atoms with Crippen molar-refractivity contribution in [3.05, 3.63) is 35.4 Å². The van der Waals surface area contributed by atoms with Crippen LogP contribution in [0.25, 0.3) is 0 Å². The van der Waals surface area contributed by atoms with Crippen molar-refractivity contribution in [1.29, 1.82) is 0 Å². The van der Waals surface area contributed by atoms with Crippen LogP contribution in [0.5, 0.6) is 0 Å². The Kier molecular flexibility index (Phi) is 3.77. The third-order valence-corrected chi connectivity index (χ3v) is 4.09. The Morgan fingerprint density at radius 2 is 2.29 bits per heavy atom. The first-order valence-corrected chi connectivity index (χ1v) is 7.45. The first kappa shape index (κ1) is 13.9. The molecule has 3 heterocycles. The summed E-state index contributed by atoms with van der Waals surface area (Å²) in [5.41, 5.74) is 3.00. The summed E-state index contributed by atoms with van der Waals surface area (Å²) in [4.78, 5) is 14.6. The number of aromatic amines is 1. The number of aryl methyl sites for hydroxylation is 2. The molecule has 0 bridgehead atoms. The molecule has 112 valence electrons. The van der Waals surface area contributed by atoms with Crippen molar-refractivity contribution in [2.45, 2.75) is 45.7 Å². The van der Waals surface area contributed by atoms with Crippen LogP contribution in [0.2, 0.25) is 0 Å². The van der Waals surface area contributed by atoms with Crippen LogP contribution >= 0.6 is 0 Å². The van der Waals surface area contributed by atoms with E-state index in [0.29, 0.717) is 6.54 Å². The molecule has 1 N–H and O–H groups in total. The second-order valence-corrected chi connectivity index (χ2v) is 5.70. The third kappa shape index (κ3) is 2.84. The highest BCUT2D eigenvalue weighted by Crippen LogP contribution is 2.29. The van der Waals surface area contributed by atoms with Crippen molar-refractivity contribution in [3.8, 4) is 0 Å². The molecule has 2 aromatic heterocycles. The van der Waals surface area contributed by atoms with E-state index in [1.165, 1.54) is 0 Å². The second kappa shape index (κ2) is 5.71. The molecule has 1 atom stereocenters. The Balaban J connectivity index is 1.77. The van der Waals surface area contributed by atoms with Crippen LogP contribution in [-0.4, -0.2) is 37.3 Å². The van der Waals surface area contributed by atoms with Crippen molar-refractivity contribution in [2.75, 3.05) is 6.54 Å². The monoisotopic (exact) mass is 287 g/mol. The first-order chi connectivity index (χ1) is 10.1. The van der Waals surface area contributed by atoms with Crippen molar-refractivity contribution in [3.63, 3.8) is 0 Å². The van der Waals surface area contributed by atoms with Crippen LogP contribution in [0.3, 0.4) is 0 Å². The summed E-state index contributed by atoms with van der Waals surface area (Å²) >= 11 is 0. The van der Waals surface area contributed by atoms with Crippen molar-refractivity contribution < 1.29 is 4.79 Å². The molecule has 1 aliphatic rings. The fourth-order valence-electron chi connectivity index (χ4n) is 3.06. The number of hydrogen-bond donors (Lipinski definition) is 1. The molecule has 6 heteroatoms. The number of piperidine rings is 1. The van der Waals surface area contributed by atoms with E-state index in [9.17, 15) is 4.79 Å². The maximum absolute atomic E-state index is 12.7. The Hall–Kier alpha value is -2.11. The Labute approximate surface area is 124 Å². The zero-order valence-corrected chi connectivity index (χ0v) is 12.5. The summed E-state index contributed by atoms with van der Waals surface area (Å²) in [6, 6.07) is 4.07. The smallest absolute Gasteiger partial charge is 0.244 e. The standard InChI is InChI=1S/C15H21N5O/c1-11-9-12(2)20(18-11)10-15(21)19-8-4-3-5-14(19)13-6-7-16-17-13/h6-7,9,14H,3-5,8,10H2,1-2H3,(H,16,17). The van der Waals surface area contributed by atoms with Gasteiger partial charge in [0.2, 0.25) is 5.91 Å². The van der Waals surface area contributed by atoms with Crippen molar-refractivity contribution in [2.24, 2.45) is 0 Å². The van der Waals surface area contributed by atoms with Crippen LogP contribution in [0.15, 0.2) is 18.3 Å². The number of aromatic nitrogens is 4. The fourth-order valence-corrected chi connectivity index (χ4v) is 3.06. The van der Waals surface area contributed by atoms with Gasteiger partial charge in [-0.15, -0.1) is 0 Å². The normalized spacial score (nSPS) is 19.0. The molecule has 0 aliphatic carbocycles. The maximum Gasteiger partial charge on any atom is 0.244 e. The highest BCUT2D eigenvalue weighted by molar-refractivity contribution is 5.76. The van der Waals surface area contributed by atoms with E-state index in [4.69, 9.17) is 0 Å². The van der Waals surface area contributed by atoms with E-state index in [1.54, 1.807) is 10.9 Å². The lowest BCUT2D eigenvalue weighted by Gasteiger charge is -2.35. The zero-order chi connectivity index (χ0) is 14.8. The average Bonchev–Trinajstić information content (AvgIpc) is 3.09. The largest absolute Gasteiger partial charge is 0.333 e. The predicted molar refractivity (Wildman–Crippen MR) is 78.6 cm³/mol. The van der Waals surface area contributed by atoms with Gasteiger partial charge in [-0.25, -0.2) is 0 Å². The Morgan fingerprint density at radius 1 is 1.43 bits per heavy atom. The average molecular weight is 287 g/mol. The van der Waals surface area contributed by atoms with Gasteiger partial charge in [0.05, 0.1) is 17.4 Å². The number of nitrogens with zero attached hydrogens (tertiary/aromatic N) is 4. The highest BCUT2D eigenvalue weighted by atomic mass is 16.2. The Morgan fingerprint density at radius 3 is 2.95 bits per heavy atom. The lowest BCUT2D eigenvalue weighted by molar-refractivity contribution is -0.136. The van der Waals surface area contributed by atoms with Crippen LogP contribution in [-0.2, 0) is 11.3 Å². The molecule has 2 aromatic rings. The van der Waals surface area contributed by atoms with Gasteiger partial charge in [0, 0.05) is 18.4 Å². The van der Waals surface area contributed by atoms with Crippen molar-refractivity contribution in [1.82, 2.24) is 24.9 Å². The molecule has 1 fully saturated rings. The second-order valence-electron chi connectivity index (χ2n) is 5.70. The van der Waals surface area contributed by atoms with E-state index in [1.807, 2.05) is 30.9 Å². The summed E-state index contributed by atoms with van der Waals surface area (Å²) in [5, 5.41) is 11.4. The zero-order valence-electron chi connectivity index (χ0n) is 12.5. The number of rotatable bonds is 3. The fraction of sp³-hybridized carbons (Fsp3) is 0.533. The third-order valence-electron chi connectivity index (χ3n) is 4.09. The number of H-pyrrole nitrogens is 1. The number of hydrogen-bond acceptors (Lipinski definition) is 3. The molecule has 1 saturated heterocycles. The molecule has 0 aromatic carbocycles. The molecule has 1 unspecified atom stereocenters. The number of carbonyl (C=O) groups excluding carboxylic acids is 1. The number of carbonyl (C=O) groups is 1. The number of amides is 1. The number of nitrogens with one attached hydrogen (secondary N) is 1. The molecular formula is C15H21N5O. The number of likely N-dealkylation sites (tertiary alicyclic amines) is 1. The van der Waals surface area contributed by atoms with E-state index >= 15 is 0 Å². The van der Waals surface area contributed by atoms with Crippen molar-refractivity contribution >= 4 is 5.91 Å². The summed E-state index contributed by atoms with van der Waals surface area (Å²) in [5.74, 6) is 0.125. The topological polar surface area (TPSA) is 66.8 Å². The van der Waals surface area contributed by atoms with E-state index in [2.05, 4.69) is 15.3 Å².